The van der Waals surface area contributed by atoms with Crippen LogP contribution in [0.15, 0.2) is 36.0 Å². The van der Waals surface area contributed by atoms with Crippen LogP contribution in [0.3, 0.4) is 0 Å². The van der Waals surface area contributed by atoms with Crippen molar-refractivity contribution in [2.24, 2.45) is 18.4 Å². The number of aryl methyl sites for hydroxylation is 1. The number of hydrogen-bond donors (Lipinski definition) is 0. The fourth-order valence-corrected chi connectivity index (χ4v) is 5.18. The van der Waals surface area contributed by atoms with Crippen molar-refractivity contribution in [1.82, 2.24) is 9.78 Å². The minimum Gasteiger partial charge on any atom is -0.307 e. The molecule has 1 aromatic heterocycles. The van der Waals surface area contributed by atoms with E-state index >= 15 is 0 Å². The third kappa shape index (κ3) is 2.26. The topological polar surface area (TPSA) is 39.2 Å². The van der Waals surface area contributed by atoms with E-state index in [-0.39, 0.29) is 23.2 Å². The SMILES string of the molecule is [C-]#[N+]C1=C[C@]2(C)c3nn(C)c(-c4ccccc4F)c3CC[C@H]2C(C)(C)C1=O. The number of nitrogens with zero attached hydrogens (tertiary/aromatic N) is 3. The van der Waals surface area contributed by atoms with Crippen molar-refractivity contribution in [3.05, 3.63) is 64.5 Å². The van der Waals surface area contributed by atoms with Crippen LogP contribution >= 0.6 is 0 Å². The molecule has 1 aromatic carbocycles. The molecule has 0 amide bonds. The smallest absolute Gasteiger partial charge is 0.226 e. The van der Waals surface area contributed by atoms with Crippen molar-refractivity contribution < 1.29 is 9.18 Å². The third-order valence-corrected chi connectivity index (χ3v) is 6.44. The predicted octanol–water partition coefficient (Wildman–Crippen LogP) is 4.46. The average molecular weight is 363 g/mol. The minimum atomic E-state index is -0.628. The molecule has 0 unspecified atom stereocenters. The number of carbonyl (C=O) groups is 1. The molecule has 2 aromatic rings. The first kappa shape index (κ1) is 17.7. The number of ketones is 1. The van der Waals surface area contributed by atoms with Gasteiger partial charge in [0.05, 0.1) is 18.0 Å². The molecule has 0 saturated carbocycles. The van der Waals surface area contributed by atoms with Gasteiger partial charge in [-0.15, -0.1) is 0 Å². The Morgan fingerprint density at radius 2 is 2.00 bits per heavy atom. The van der Waals surface area contributed by atoms with Gasteiger partial charge >= 0.3 is 0 Å². The van der Waals surface area contributed by atoms with Crippen LogP contribution in [0.2, 0.25) is 0 Å². The van der Waals surface area contributed by atoms with Crippen molar-refractivity contribution in [1.29, 1.82) is 0 Å². The Hall–Kier alpha value is -2.74. The summed E-state index contributed by atoms with van der Waals surface area (Å²) in [5, 5.41) is 4.78. The highest BCUT2D eigenvalue weighted by molar-refractivity contribution is 6.02. The molecule has 0 fully saturated rings. The van der Waals surface area contributed by atoms with Gasteiger partial charge < -0.3 is 4.79 Å². The van der Waals surface area contributed by atoms with Crippen molar-refractivity contribution in [3.8, 4) is 11.3 Å². The van der Waals surface area contributed by atoms with Crippen LogP contribution < -0.4 is 0 Å². The van der Waals surface area contributed by atoms with Crippen molar-refractivity contribution >= 4 is 5.78 Å². The number of halogens is 1. The molecule has 4 rings (SSSR count). The summed E-state index contributed by atoms with van der Waals surface area (Å²) in [4.78, 5) is 16.3. The third-order valence-electron chi connectivity index (χ3n) is 6.44. The van der Waals surface area contributed by atoms with Gasteiger partial charge in [0.1, 0.15) is 5.82 Å². The van der Waals surface area contributed by atoms with E-state index in [0.29, 0.717) is 5.56 Å². The van der Waals surface area contributed by atoms with E-state index in [1.165, 1.54) is 6.07 Å². The summed E-state index contributed by atoms with van der Waals surface area (Å²) in [5.41, 5.74) is 2.24. The van der Waals surface area contributed by atoms with E-state index in [1.54, 1.807) is 22.9 Å². The molecular formula is C22H22FN3O. The summed E-state index contributed by atoms with van der Waals surface area (Å²) >= 11 is 0. The van der Waals surface area contributed by atoms with E-state index in [0.717, 1.165) is 29.8 Å². The van der Waals surface area contributed by atoms with Crippen molar-refractivity contribution in [2.45, 2.75) is 39.0 Å². The summed E-state index contributed by atoms with van der Waals surface area (Å²) in [6.45, 7) is 13.4. The van der Waals surface area contributed by atoms with Gasteiger partial charge in [-0.05, 0) is 30.9 Å². The largest absolute Gasteiger partial charge is 0.307 e. The van der Waals surface area contributed by atoms with Gasteiger partial charge in [0.2, 0.25) is 5.70 Å². The number of allylic oxidation sites excluding steroid dienone is 2. The number of fused-ring (bicyclic) bond motifs is 3. The van der Waals surface area contributed by atoms with Crippen molar-refractivity contribution in [3.63, 3.8) is 0 Å². The van der Waals surface area contributed by atoms with Crippen LogP contribution in [-0.4, -0.2) is 15.6 Å². The van der Waals surface area contributed by atoms with Gasteiger partial charge in [-0.3, -0.25) is 4.68 Å². The highest BCUT2D eigenvalue weighted by Crippen LogP contribution is 2.55. The molecule has 2 aliphatic carbocycles. The normalized spacial score (nSPS) is 26.0. The van der Waals surface area contributed by atoms with E-state index in [9.17, 15) is 9.18 Å². The summed E-state index contributed by atoms with van der Waals surface area (Å²) in [5.74, 6) is -0.306. The summed E-state index contributed by atoms with van der Waals surface area (Å²) < 4.78 is 16.2. The minimum absolute atomic E-state index is 0.0545. The maximum Gasteiger partial charge on any atom is 0.226 e. The summed E-state index contributed by atoms with van der Waals surface area (Å²) in [6, 6.07) is 6.74. The second-order valence-electron chi connectivity index (χ2n) is 8.35. The highest BCUT2D eigenvalue weighted by Gasteiger charge is 2.55. The van der Waals surface area contributed by atoms with E-state index in [1.807, 2.05) is 27.0 Å². The number of Topliss-reactive ketones (excluding diaryl/α,β-unsaturated/α-hetero) is 1. The van der Waals surface area contributed by atoms with Gasteiger partial charge in [0.25, 0.3) is 0 Å². The summed E-state index contributed by atoms with van der Waals surface area (Å²) in [6.07, 6.45) is 3.34. The first-order chi connectivity index (χ1) is 12.7. The standard InChI is InChI=1S/C22H22FN3O/c1-21(2)17-11-10-14-18(13-8-6-7-9-15(13)23)26(5)25-19(14)22(17,3)12-16(24-4)20(21)27/h6-9,12,17H,10-11H2,1-3,5H3/t17-,22-/m0/s1. The molecule has 1 heterocycles. The monoisotopic (exact) mass is 363 g/mol. The van der Waals surface area contributed by atoms with Crippen molar-refractivity contribution in [2.75, 3.05) is 0 Å². The Balaban J connectivity index is 1.98. The van der Waals surface area contributed by atoms with Crippen LogP contribution in [0, 0.1) is 23.7 Å². The van der Waals surface area contributed by atoms with Crippen LogP contribution in [-0.2, 0) is 23.7 Å². The molecule has 2 atom stereocenters. The Bertz CT molecular complexity index is 1040. The van der Waals surface area contributed by atoms with E-state index < -0.39 is 10.8 Å². The van der Waals surface area contributed by atoms with Gasteiger partial charge in [-0.25, -0.2) is 9.24 Å². The Labute approximate surface area is 158 Å². The first-order valence-corrected chi connectivity index (χ1v) is 9.18. The molecule has 0 saturated heterocycles. The molecule has 0 N–H and O–H groups in total. The zero-order valence-electron chi connectivity index (χ0n) is 16.0. The molecule has 138 valence electrons. The number of hydrogen-bond acceptors (Lipinski definition) is 2. The Morgan fingerprint density at radius 3 is 2.67 bits per heavy atom. The highest BCUT2D eigenvalue weighted by atomic mass is 19.1. The maximum atomic E-state index is 14.5. The second kappa shape index (κ2) is 5.63. The van der Waals surface area contributed by atoms with E-state index in [4.69, 9.17) is 11.7 Å². The number of benzene rings is 1. The molecule has 0 bridgehead atoms. The fourth-order valence-electron chi connectivity index (χ4n) is 5.18. The number of carbonyl (C=O) groups excluding carboxylic acids is 1. The van der Waals surface area contributed by atoms with E-state index in [2.05, 4.69) is 11.8 Å². The molecule has 4 nitrogen and oxygen atoms in total. The molecular weight excluding hydrogens is 341 g/mol. The van der Waals surface area contributed by atoms with Gasteiger partial charge in [-0.2, -0.15) is 5.10 Å². The molecule has 2 aliphatic rings. The molecule has 5 heteroatoms. The molecule has 0 radical (unpaired) electrons. The molecule has 0 spiro atoms. The lowest BCUT2D eigenvalue weighted by atomic mass is 9.53. The van der Waals surface area contributed by atoms with Gasteiger partial charge in [-0.1, -0.05) is 39.0 Å². The van der Waals surface area contributed by atoms with Gasteiger partial charge in [0.15, 0.2) is 5.78 Å². The lowest BCUT2D eigenvalue weighted by molar-refractivity contribution is -0.128. The van der Waals surface area contributed by atoms with Crippen LogP contribution in [0.1, 0.15) is 38.4 Å². The van der Waals surface area contributed by atoms with Gasteiger partial charge in [0, 0.05) is 29.0 Å². The Morgan fingerprint density at radius 1 is 1.30 bits per heavy atom. The molecule has 0 aliphatic heterocycles. The second-order valence-corrected chi connectivity index (χ2v) is 8.35. The zero-order chi connectivity index (χ0) is 19.6. The number of rotatable bonds is 1. The lowest BCUT2D eigenvalue weighted by Crippen LogP contribution is -2.50. The maximum absolute atomic E-state index is 14.5. The number of aromatic nitrogens is 2. The van der Waals surface area contributed by atoms with Crippen LogP contribution in [0.5, 0.6) is 0 Å². The summed E-state index contributed by atoms with van der Waals surface area (Å²) in [7, 11) is 1.83. The Kier molecular flexibility index (Phi) is 3.68. The van der Waals surface area contributed by atoms with Crippen LogP contribution in [0.4, 0.5) is 4.39 Å². The molecule has 27 heavy (non-hydrogen) atoms. The fraction of sp³-hybridized carbons (Fsp3) is 0.409. The predicted molar refractivity (Wildman–Crippen MR) is 101 cm³/mol. The first-order valence-electron chi connectivity index (χ1n) is 9.18. The lowest BCUT2D eigenvalue weighted by Gasteiger charge is -2.49. The quantitative estimate of drug-likeness (QED) is 0.702. The zero-order valence-corrected chi connectivity index (χ0v) is 16.0. The van der Waals surface area contributed by atoms with Crippen LogP contribution in [0.25, 0.3) is 16.1 Å². The average Bonchev–Trinajstić information content (AvgIpc) is 2.96.